The van der Waals surface area contributed by atoms with Gasteiger partial charge in [0.15, 0.2) is 5.96 Å². The lowest BCUT2D eigenvalue weighted by Gasteiger charge is -2.32. The molecule has 0 bridgehead atoms. The van der Waals surface area contributed by atoms with E-state index in [2.05, 4.69) is 55.3 Å². The average Bonchev–Trinajstić information content (AvgIpc) is 3.34. The maximum Gasteiger partial charge on any atom is 0.193 e. The highest BCUT2D eigenvalue weighted by Crippen LogP contribution is 2.22. The minimum absolute atomic E-state index is 0. The van der Waals surface area contributed by atoms with Crippen LogP contribution in [0.1, 0.15) is 37.7 Å². The summed E-state index contributed by atoms with van der Waals surface area (Å²) in [5.74, 6) is 1.95. The van der Waals surface area contributed by atoms with Crippen LogP contribution in [0.2, 0.25) is 0 Å². The molecule has 3 heterocycles. The summed E-state index contributed by atoms with van der Waals surface area (Å²) >= 11 is 0. The van der Waals surface area contributed by atoms with E-state index in [4.69, 9.17) is 4.74 Å². The maximum atomic E-state index is 5.51. The highest BCUT2D eigenvalue weighted by molar-refractivity contribution is 14.0. The Morgan fingerprint density at radius 3 is 2.48 bits per heavy atom. The lowest BCUT2D eigenvalue weighted by Crippen LogP contribution is -2.46. The number of ether oxygens (including phenoxy) is 1. The molecule has 0 radical (unpaired) electrons. The van der Waals surface area contributed by atoms with Gasteiger partial charge >= 0.3 is 0 Å². The number of guanidine groups is 1. The van der Waals surface area contributed by atoms with Crippen molar-refractivity contribution < 1.29 is 4.74 Å². The molecule has 0 saturated carbocycles. The molecule has 1 aromatic carbocycles. The minimum Gasteiger partial charge on any atom is -0.379 e. The summed E-state index contributed by atoms with van der Waals surface area (Å²) in [6, 6.07) is 11.7. The third-order valence-corrected chi connectivity index (χ3v) is 7.50. The second kappa shape index (κ2) is 14.5. The molecule has 3 aliphatic rings. The van der Waals surface area contributed by atoms with E-state index in [1.165, 1.54) is 63.7 Å². The van der Waals surface area contributed by atoms with Gasteiger partial charge < -0.3 is 19.9 Å². The molecular weight excluding hydrogens is 525 g/mol. The predicted octanol–water partition coefficient (Wildman–Crippen LogP) is 3.32. The first-order valence-corrected chi connectivity index (χ1v) is 12.9. The summed E-state index contributed by atoms with van der Waals surface area (Å²) in [4.78, 5) is 12.3. The fraction of sp³-hybridized carbons (Fsp3) is 0.731. The minimum atomic E-state index is 0. The first kappa shape index (κ1) is 26.7. The molecule has 1 N–H and O–H groups in total. The van der Waals surface area contributed by atoms with Crippen LogP contribution in [-0.4, -0.2) is 99.3 Å². The number of hydrogen-bond acceptors (Lipinski definition) is 4. The van der Waals surface area contributed by atoms with Crippen molar-refractivity contribution in [3.8, 4) is 0 Å². The number of aliphatic imine (C=N–C) groups is 1. The van der Waals surface area contributed by atoms with Gasteiger partial charge in [0, 0.05) is 45.8 Å². The summed E-state index contributed by atoms with van der Waals surface area (Å²) in [6.07, 6.45) is 7.66. The summed E-state index contributed by atoms with van der Waals surface area (Å²) in [7, 11) is 1.92. The number of nitrogens with one attached hydrogen (secondary N) is 1. The standard InChI is InChI=1S/C26H43N5O.HI/c1-27-26(31-16-11-25(22-31)30-17-19-32-20-18-30)28-12-5-6-13-29-14-9-24(10-15-29)21-23-7-3-2-4-8-23;/h2-4,7-8,24-25H,5-6,9-22H2,1H3,(H,27,28);1H. The number of piperidine rings is 1. The van der Waals surface area contributed by atoms with Gasteiger partial charge in [0.25, 0.3) is 0 Å². The van der Waals surface area contributed by atoms with Gasteiger partial charge in [-0.25, -0.2) is 0 Å². The molecule has 33 heavy (non-hydrogen) atoms. The van der Waals surface area contributed by atoms with E-state index in [1.807, 2.05) is 7.05 Å². The van der Waals surface area contributed by atoms with E-state index in [9.17, 15) is 0 Å². The first-order chi connectivity index (χ1) is 15.8. The van der Waals surface area contributed by atoms with Crippen molar-refractivity contribution in [1.82, 2.24) is 20.0 Å². The Hall–Kier alpha value is -0.900. The van der Waals surface area contributed by atoms with E-state index in [0.717, 1.165) is 57.8 Å². The molecule has 0 aliphatic carbocycles. The van der Waals surface area contributed by atoms with Gasteiger partial charge in [0.1, 0.15) is 0 Å². The van der Waals surface area contributed by atoms with Crippen LogP contribution in [0.15, 0.2) is 35.3 Å². The van der Waals surface area contributed by atoms with E-state index in [-0.39, 0.29) is 24.0 Å². The second-order valence-electron chi connectivity index (χ2n) is 9.69. The van der Waals surface area contributed by atoms with Crippen molar-refractivity contribution in [2.75, 3.05) is 72.6 Å². The summed E-state index contributed by atoms with van der Waals surface area (Å²) in [6.45, 7) is 10.9. The second-order valence-corrected chi connectivity index (χ2v) is 9.69. The van der Waals surface area contributed by atoms with Crippen molar-refractivity contribution in [2.45, 2.75) is 44.6 Å². The quantitative estimate of drug-likeness (QED) is 0.225. The predicted molar refractivity (Wildman–Crippen MR) is 148 cm³/mol. The van der Waals surface area contributed by atoms with Crippen LogP contribution in [0.3, 0.4) is 0 Å². The molecule has 3 fully saturated rings. The van der Waals surface area contributed by atoms with Gasteiger partial charge in [-0.05, 0) is 69.6 Å². The Morgan fingerprint density at radius 2 is 1.76 bits per heavy atom. The number of benzene rings is 1. The Labute approximate surface area is 218 Å². The molecule has 0 spiro atoms. The molecule has 6 nitrogen and oxygen atoms in total. The molecule has 1 unspecified atom stereocenters. The van der Waals surface area contributed by atoms with Crippen molar-refractivity contribution in [1.29, 1.82) is 0 Å². The van der Waals surface area contributed by atoms with Crippen LogP contribution in [0.4, 0.5) is 0 Å². The largest absolute Gasteiger partial charge is 0.379 e. The van der Waals surface area contributed by atoms with Crippen LogP contribution in [-0.2, 0) is 11.2 Å². The highest BCUT2D eigenvalue weighted by atomic mass is 127. The lowest BCUT2D eigenvalue weighted by molar-refractivity contribution is 0.0195. The van der Waals surface area contributed by atoms with Crippen LogP contribution in [0.5, 0.6) is 0 Å². The van der Waals surface area contributed by atoms with Crippen molar-refractivity contribution in [3.05, 3.63) is 35.9 Å². The fourth-order valence-corrected chi connectivity index (χ4v) is 5.53. The van der Waals surface area contributed by atoms with Gasteiger partial charge in [-0.15, -0.1) is 24.0 Å². The Balaban J connectivity index is 0.00000306. The first-order valence-electron chi connectivity index (χ1n) is 12.9. The van der Waals surface area contributed by atoms with E-state index in [0.29, 0.717) is 6.04 Å². The molecule has 7 heteroatoms. The van der Waals surface area contributed by atoms with Gasteiger partial charge in [0.05, 0.1) is 13.2 Å². The van der Waals surface area contributed by atoms with Crippen molar-refractivity contribution in [2.24, 2.45) is 10.9 Å². The third-order valence-electron chi connectivity index (χ3n) is 7.50. The summed E-state index contributed by atoms with van der Waals surface area (Å²) < 4.78 is 5.51. The number of halogens is 1. The average molecular weight is 570 g/mol. The number of hydrogen-bond donors (Lipinski definition) is 1. The monoisotopic (exact) mass is 569 g/mol. The fourth-order valence-electron chi connectivity index (χ4n) is 5.53. The van der Waals surface area contributed by atoms with Crippen molar-refractivity contribution >= 4 is 29.9 Å². The number of rotatable bonds is 8. The zero-order valence-electron chi connectivity index (χ0n) is 20.5. The molecule has 0 amide bonds. The molecule has 3 saturated heterocycles. The Bertz CT molecular complexity index is 689. The van der Waals surface area contributed by atoms with Crippen LogP contribution in [0.25, 0.3) is 0 Å². The molecule has 186 valence electrons. The molecule has 0 aromatic heterocycles. The number of morpholine rings is 1. The van der Waals surface area contributed by atoms with Crippen LogP contribution in [0, 0.1) is 5.92 Å². The van der Waals surface area contributed by atoms with Gasteiger partial charge in [-0.3, -0.25) is 9.89 Å². The zero-order valence-corrected chi connectivity index (χ0v) is 22.8. The van der Waals surface area contributed by atoms with E-state index in [1.54, 1.807) is 0 Å². The zero-order chi connectivity index (χ0) is 22.0. The molecule has 4 rings (SSSR count). The SMILES string of the molecule is CN=C(NCCCCN1CCC(Cc2ccccc2)CC1)N1CCC(N2CCOCC2)C1.I. The van der Waals surface area contributed by atoms with E-state index >= 15 is 0 Å². The van der Waals surface area contributed by atoms with Gasteiger partial charge in [-0.2, -0.15) is 0 Å². The number of nitrogens with zero attached hydrogens (tertiary/aromatic N) is 4. The summed E-state index contributed by atoms with van der Waals surface area (Å²) in [5, 5.41) is 3.62. The maximum absolute atomic E-state index is 5.51. The normalized spacial score (nSPS) is 23.5. The summed E-state index contributed by atoms with van der Waals surface area (Å²) in [5.41, 5.74) is 1.50. The lowest BCUT2D eigenvalue weighted by atomic mass is 9.90. The number of likely N-dealkylation sites (tertiary alicyclic amines) is 2. The van der Waals surface area contributed by atoms with E-state index < -0.39 is 0 Å². The third kappa shape index (κ3) is 8.37. The molecule has 1 atom stereocenters. The van der Waals surface area contributed by atoms with Crippen molar-refractivity contribution in [3.63, 3.8) is 0 Å². The smallest absolute Gasteiger partial charge is 0.193 e. The van der Waals surface area contributed by atoms with Crippen LogP contribution >= 0.6 is 24.0 Å². The molecule has 3 aliphatic heterocycles. The highest BCUT2D eigenvalue weighted by Gasteiger charge is 2.30. The molecular formula is C26H44IN5O. The number of unbranched alkanes of at least 4 members (excludes halogenated alkanes) is 1. The van der Waals surface area contributed by atoms with Gasteiger partial charge in [0.2, 0.25) is 0 Å². The topological polar surface area (TPSA) is 43.3 Å². The van der Waals surface area contributed by atoms with Crippen LogP contribution < -0.4 is 5.32 Å². The molecule has 1 aromatic rings. The Kier molecular flexibility index (Phi) is 11.7. The van der Waals surface area contributed by atoms with Gasteiger partial charge in [-0.1, -0.05) is 30.3 Å². The Morgan fingerprint density at radius 1 is 1.00 bits per heavy atom.